The van der Waals surface area contributed by atoms with Crippen molar-refractivity contribution in [2.24, 2.45) is 0 Å². The third kappa shape index (κ3) is 2.03. The molecule has 1 aliphatic heterocycles. The van der Waals surface area contributed by atoms with E-state index in [9.17, 15) is 4.79 Å². The number of amides is 2. The summed E-state index contributed by atoms with van der Waals surface area (Å²) >= 11 is 5.44. The van der Waals surface area contributed by atoms with E-state index in [0.717, 1.165) is 17.0 Å². The zero-order valence-electron chi connectivity index (χ0n) is 8.30. The minimum Gasteiger partial charge on any atom is -0.375 e. The van der Waals surface area contributed by atoms with E-state index in [1.165, 1.54) is 15.6 Å². The van der Waals surface area contributed by atoms with E-state index >= 15 is 0 Å². The quantitative estimate of drug-likeness (QED) is 0.669. The average molecular weight is 244 g/mol. The first kappa shape index (κ1) is 10.6. The Bertz CT molecular complexity index is 390. The Morgan fingerprint density at radius 2 is 2.47 bits per heavy atom. The van der Waals surface area contributed by atoms with Crippen molar-refractivity contribution >= 4 is 35.3 Å². The fraction of sp³-hybridized carbons (Fsp3) is 0.500. The van der Waals surface area contributed by atoms with Crippen LogP contribution in [-0.2, 0) is 13.0 Å². The van der Waals surface area contributed by atoms with Crippen LogP contribution in [0.4, 0.5) is 9.93 Å². The number of thiol groups is 1. The number of urea groups is 1. The summed E-state index contributed by atoms with van der Waals surface area (Å²) in [5, 5.41) is 0.577. The molecule has 5 nitrogen and oxygen atoms in total. The number of rotatable bonds is 0. The maximum atomic E-state index is 11.6. The average Bonchev–Trinajstić information content (AvgIpc) is 2.55. The number of nitrogens with two attached hydrogens (primary N) is 1. The van der Waals surface area contributed by atoms with Gasteiger partial charge in [0.05, 0.1) is 12.2 Å². The molecule has 0 aromatic carbocycles. The van der Waals surface area contributed by atoms with Crippen LogP contribution in [-0.4, -0.2) is 33.8 Å². The second-order valence-corrected chi connectivity index (χ2v) is 5.11. The minimum atomic E-state index is -0.0871. The molecule has 0 aliphatic carbocycles. The third-order valence-electron chi connectivity index (χ3n) is 2.30. The number of aromatic nitrogens is 1. The molecule has 0 atom stereocenters. The predicted octanol–water partition coefficient (Wildman–Crippen LogP) is 0.980. The summed E-state index contributed by atoms with van der Waals surface area (Å²) in [5.74, 6) is 0. The highest BCUT2D eigenvalue weighted by atomic mass is 32.1. The topological polar surface area (TPSA) is 62.5 Å². The van der Waals surface area contributed by atoms with E-state index < -0.39 is 0 Å². The van der Waals surface area contributed by atoms with Crippen molar-refractivity contribution in [3.8, 4) is 0 Å². The molecule has 0 bridgehead atoms. The molecule has 1 aromatic rings. The highest BCUT2D eigenvalue weighted by molar-refractivity contribution is 7.78. The summed E-state index contributed by atoms with van der Waals surface area (Å²) in [4.78, 5) is 18.7. The number of anilines is 1. The maximum Gasteiger partial charge on any atom is 0.329 e. The summed E-state index contributed by atoms with van der Waals surface area (Å²) in [6, 6.07) is -0.0871. The van der Waals surface area contributed by atoms with Crippen LogP contribution in [0, 0.1) is 0 Å². The molecule has 2 rings (SSSR count). The summed E-state index contributed by atoms with van der Waals surface area (Å²) in [5.41, 5.74) is 6.65. The van der Waals surface area contributed by atoms with Crippen molar-refractivity contribution in [1.29, 1.82) is 0 Å². The molecule has 1 aliphatic rings. The molecule has 0 radical (unpaired) electrons. The lowest BCUT2D eigenvalue weighted by molar-refractivity contribution is 0.181. The van der Waals surface area contributed by atoms with E-state index in [0.29, 0.717) is 18.2 Å². The van der Waals surface area contributed by atoms with Crippen LogP contribution in [0.2, 0.25) is 0 Å². The number of carbonyl (C=O) groups is 1. The lowest BCUT2D eigenvalue weighted by atomic mass is 10.2. The van der Waals surface area contributed by atoms with Gasteiger partial charge in [-0.05, 0) is 0 Å². The third-order valence-corrected chi connectivity index (χ3v) is 3.38. The van der Waals surface area contributed by atoms with Gasteiger partial charge in [-0.15, -0.1) is 11.3 Å². The molecule has 2 N–H and O–H groups in total. The van der Waals surface area contributed by atoms with E-state index in [2.05, 4.69) is 17.8 Å². The lowest BCUT2D eigenvalue weighted by Crippen LogP contribution is -2.40. The molecule has 2 amide bonds. The number of thiazole rings is 1. The normalized spacial score (nSPS) is 14.9. The van der Waals surface area contributed by atoms with Crippen LogP contribution in [0.5, 0.6) is 0 Å². The van der Waals surface area contributed by atoms with Gasteiger partial charge in [0.2, 0.25) is 0 Å². The van der Waals surface area contributed by atoms with Gasteiger partial charge in [0.1, 0.15) is 0 Å². The Kier molecular flexibility index (Phi) is 2.74. The van der Waals surface area contributed by atoms with Crippen LogP contribution < -0.4 is 5.73 Å². The number of carbonyl (C=O) groups excluding carboxylic acids is 1. The maximum absolute atomic E-state index is 11.6. The Labute approximate surface area is 97.4 Å². The fourth-order valence-corrected chi connectivity index (χ4v) is 2.60. The van der Waals surface area contributed by atoms with Crippen molar-refractivity contribution in [3.05, 3.63) is 10.6 Å². The van der Waals surface area contributed by atoms with Crippen molar-refractivity contribution in [3.63, 3.8) is 0 Å². The first-order valence-corrected chi connectivity index (χ1v) is 5.75. The monoisotopic (exact) mass is 244 g/mol. The molecule has 15 heavy (non-hydrogen) atoms. The molecular formula is C8H12N4OS2. The van der Waals surface area contributed by atoms with Crippen LogP contribution in [0.25, 0.3) is 0 Å². The number of hydrogen-bond donors (Lipinski definition) is 2. The number of nitrogens with zero attached hydrogens (tertiary/aromatic N) is 3. The lowest BCUT2D eigenvalue weighted by Gasteiger charge is -2.28. The number of fused-ring (bicyclic) bond motifs is 1. The first-order chi connectivity index (χ1) is 7.08. The van der Waals surface area contributed by atoms with Gasteiger partial charge in [-0.1, -0.05) is 12.8 Å². The second kappa shape index (κ2) is 3.90. The van der Waals surface area contributed by atoms with Gasteiger partial charge in [0, 0.05) is 24.9 Å². The molecule has 0 saturated heterocycles. The smallest absolute Gasteiger partial charge is 0.329 e. The van der Waals surface area contributed by atoms with Crippen molar-refractivity contribution < 1.29 is 4.79 Å². The van der Waals surface area contributed by atoms with E-state index in [1.807, 2.05) is 0 Å². The van der Waals surface area contributed by atoms with Crippen LogP contribution >= 0.6 is 24.2 Å². The second-order valence-electron chi connectivity index (χ2n) is 3.40. The molecule has 0 unspecified atom stereocenters. The van der Waals surface area contributed by atoms with E-state index in [1.54, 1.807) is 11.9 Å². The van der Waals surface area contributed by atoms with Crippen LogP contribution in [0.15, 0.2) is 0 Å². The largest absolute Gasteiger partial charge is 0.375 e. The summed E-state index contributed by atoms with van der Waals surface area (Å²) in [7, 11) is 1.63. The van der Waals surface area contributed by atoms with Crippen molar-refractivity contribution in [1.82, 2.24) is 14.2 Å². The Balaban J connectivity index is 2.15. The van der Waals surface area contributed by atoms with Gasteiger partial charge in [-0.25, -0.2) is 9.78 Å². The Morgan fingerprint density at radius 3 is 3.13 bits per heavy atom. The van der Waals surface area contributed by atoms with Gasteiger partial charge < -0.3 is 10.6 Å². The Hall–Kier alpha value is -0.950. The zero-order valence-corrected chi connectivity index (χ0v) is 10.0. The first-order valence-electron chi connectivity index (χ1n) is 4.53. The summed E-state index contributed by atoms with van der Waals surface area (Å²) in [6.45, 7) is 1.27. The minimum absolute atomic E-state index is 0.0871. The molecule has 7 heteroatoms. The van der Waals surface area contributed by atoms with Gasteiger partial charge in [-0.3, -0.25) is 4.31 Å². The van der Waals surface area contributed by atoms with Gasteiger partial charge in [0.15, 0.2) is 5.13 Å². The molecule has 0 fully saturated rings. The standard InChI is InChI=1S/C8H12N4OS2/c1-11(14)8(13)12-3-2-5-6(4-12)15-7(9)10-5/h14H,2-4H2,1H3,(H2,9,10). The van der Waals surface area contributed by atoms with Gasteiger partial charge in [0.25, 0.3) is 0 Å². The van der Waals surface area contributed by atoms with Gasteiger partial charge in [-0.2, -0.15) is 0 Å². The van der Waals surface area contributed by atoms with E-state index in [-0.39, 0.29) is 6.03 Å². The number of nitrogen functional groups attached to an aromatic ring is 1. The molecule has 0 spiro atoms. The molecule has 82 valence electrons. The molecular weight excluding hydrogens is 232 g/mol. The summed E-state index contributed by atoms with van der Waals surface area (Å²) < 4.78 is 1.29. The highest BCUT2D eigenvalue weighted by Gasteiger charge is 2.24. The zero-order chi connectivity index (χ0) is 11.0. The highest BCUT2D eigenvalue weighted by Crippen LogP contribution is 2.26. The van der Waals surface area contributed by atoms with Crippen LogP contribution in [0.3, 0.4) is 0 Å². The summed E-state index contributed by atoms with van der Waals surface area (Å²) in [6.07, 6.45) is 0.774. The van der Waals surface area contributed by atoms with E-state index in [4.69, 9.17) is 5.73 Å². The van der Waals surface area contributed by atoms with Crippen LogP contribution in [0.1, 0.15) is 10.6 Å². The van der Waals surface area contributed by atoms with Gasteiger partial charge >= 0.3 is 6.03 Å². The molecule has 0 saturated carbocycles. The predicted molar refractivity (Wildman–Crippen MR) is 62.8 cm³/mol. The SMILES string of the molecule is CN(S)C(=O)N1CCc2nc(N)sc2C1. The molecule has 2 heterocycles. The van der Waals surface area contributed by atoms with Crippen molar-refractivity contribution in [2.75, 3.05) is 19.3 Å². The fourth-order valence-electron chi connectivity index (χ4n) is 1.58. The molecule has 1 aromatic heterocycles. The Morgan fingerprint density at radius 1 is 1.73 bits per heavy atom. The van der Waals surface area contributed by atoms with Crippen molar-refractivity contribution in [2.45, 2.75) is 13.0 Å². The number of hydrogen-bond acceptors (Lipinski definition) is 5.